The maximum atomic E-state index is 13.4. The van der Waals surface area contributed by atoms with Crippen molar-refractivity contribution in [1.29, 1.82) is 0 Å². The minimum atomic E-state index is -4.65. The van der Waals surface area contributed by atoms with Crippen LogP contribution in [0.3, 0.4) is 0 Å². The molecule has 0 saturated carbocycles. The molecule has 18 nitrogen and oxygen atoms in total. The molecule has 0 aromatic carbocycles. The van der Waals surface area contributed by atoms with E-state index in [-0.39, 0.29) is 63.0 Å². The summed E-state index contributed by atoms with van der Waals surface area (Å²) < 4.78 is 105. The highest BCUT2D eigenvalue weighted by molar-refractivity contribution is 9.09. The second-order valence-corrected chi connectivity index (χ2v) is 16.1. The van der Waals surface area contributed by atoms with Crippen LogP contribution in [0.5, 0.6) is 0 Å². The van der Waals surface area contributed by atoms with Crippen LogP contribution in [-0.2, 0) is 9.84 Å². The SMILES string of the molecule is CS(=O)(=O)CCC(c1ccc(-n2cc(-c3ccnc(N)c3[N+](=O)[O-])cn2)nc1)C(F)(F)F.Nc1nccc(-c2cnn(-c3ccc(C(CCBr)C(F)(F)F)cn3)c2)c1[N+](=O)[O-]. The fourth-order valence-corrected chi connectivity index (χ4v) is 7.04. The van der Waals surface area contributed by atoms with Crippen molar-refractivity contribution in [1.82, 2.24) is 39.5 Å². The lowest BCUT2D eigenvalue weighted by Crippen LogP contribution is -2.23. The molecule has 6 rings (SSSR count). The van der Waals surface area contributed by atoms with E-state index in [1.54, 1.807) is 0 Å². The Balaban J connectivity index is 0.000000232. The highest BCUT2D eigenvalue weighted by Gasteiger charge is 2.41. The first-order chi connectivity index (χ1) is 28.6. The van der Waals surface area contributed by atoms with Gasteiger partial charge >= 0.3 is 23.7 Å². The van der Waals surface area contributed by atoms with Gasteiger partial charge in [0.2, 0.25) is 11.6 Å². The van der Waals surface area contributed by atoms with Gasteiger partial charge in [-0.3, -0.25) is 20.2 Å². The van der Waals surface area contributed by atoms with Gasteiger partial charge in [-0.05, 0) is 48.2 Å². The van der Waals surface area contributed by atoms with Crippen LogP contribution >= 0.6 is 15.9 Å². The summed E-state index contributed by atoms with van der Waals surface area (Å²) in [6.45, 7) is 0. The summed E-state index contributed by atoms with van der Waals surface area (Å²) in [6, 6.07) is 8.06. The van der Waals surface area contributed by atoms with Gasteiger partial charge in [-0.15, -0.1) is 0 Å². The van der Waals surface area contributed by atoms with E-state index in [9.17, 15) is 55.0 Å². The van der Waals surface area contributed by atoms with Crippen LogP contribution in [0.4, 0.5) is 49.4 Å². The molecule has 6 heterocycles. The van der Waals surface area contributed by atoms with Crippen molar-refractivity contribution >= 4 is 48.8 Å². The zero-order valence-corrected chi connectivity index (χ0v) is 33.6. The lowest BCUT2D eigenvalue weighted by molar-refractivity contribution is -0.383. The molecule has 0 saturated heterocycles. The predicted molar refractivity (Wildman–Crippen MR) is 212 cm³/mol. The Kier molecular flexibility index (Phi) is 13.7. The van der Waals surface area contributed by atoms with Crippen LogP contribution in [0.15, 0.2) is 86.0 Å². The molecule has 322 valence electrons. The molecule has 26 heteroatoms. The van der Waals surface area contributed by atoms with Crippen molar-refractivity contribution in [3.05, 3.63) is 117 Å². The van der Waals surface area contributed by atoms with Crippen molar-refractivity contribution in [3.8, 4) is 33.9 Å². The summed E-state index contributed by atoms with van der Waals surface area (Å²) in [7, 11) is -3.57. The van der Waals surface area contributed by atoms with Crippen LogP contribution in [0.1, 0.15) is 35.8 Å². The Morgan fingerprint density at radius 1 is 0.689 bits per heavy atom. The van der Waals surface area contributed by atoms with Gasteiger partial charge < -0.3 is 11.5 Å². The van der Waals surface area contributed by atoms with Crippen LogP contribution in [0.25, 0.3) is 33.9 Å². The molecule has 61 heavy (non-hydrogen) atoms. The van der Waals surface area contributed by atoms with E-state index in [1.807, 2.05) is 0 Å². The van der Waals surface area contributed by atoms with E-state index >= 15 is 0 Å². The van der Waals surface area contributed by atoms with E-state index < -0.39 is 61.7 Å². The lowest BCUT2D eigenvalue weighted by atomic mass is 9.97. The van der Waals surface area contributed by atoms with Crippen LogP contribution in [0, 0.1) is 20.2 Å². The first kappa shape index (κ1) is 45.5. The molecule has 0 spiro atoms. The number of nitrogen functional groups attached to an aromatic ring is 2. The third-order valence-electron chi connectivity index (χ3n) is 8.84. The molecule has 0 amide bonds. The molecule has 6 aromatic heterocycles. The quantitative estimate of drug-likeness (QED) is 0.0504. The van der Waals surface area contributed by atoms with E-state index in [0.717, 1.165) is 18.6 Å². The lowest BCUT2D eigenvalue weighted by Gasteiger charge is -2.20. The normalized spacial score (nSPS) is 12.9. The topological polar surface area (TPSA) is 260 Å². The molecule has 6 aromatic rings. The smallest absolute Gasteiger partial charge is 0.378 e. The molecule has 0 aliphatic carbocycles. The van der Waals surface area contributed by atoms with Gasteiger partial charge in [0.15, 0.2) is 11.6 Å². The molecule has 0 aliphatic heterocycles. The zero-order valence-electron chi connectivity index (χ0n) is 31.2. The predicted octanol–water partition coefficient (Wildman–Crippen LogP) is 7.15. The van der Waals surface area contributed by atoms with E-state index in [4.69, 9.17) is 11.5 Å². The van der Waals surface area contributed by atoms with Gasteiger partial charge in [0.25, 0.3) is 0 Å². The number of alkyl halides is 7. The highest BCUT2D eigenvalue weighted by atomic mass is 79.9. The van der Waals surface area contributed by atoms with Gasteiger partial charge in [-0.25, -0.2) is 37.7 Å². The van der Waals surface area contributed by atoms with Crippen LogP contribution in [0.2, 0.25) is 0 Å². The van der Waals surface area contributed by atoms with Gasteiger partial charge in [0, 0.05) is 59.9 Å². The van der Waals surface area contributed by atoms with Crippen molar-refractivity contribution in [2.45, 2.75) is 37.0 Å². The molecule has 2 unspecified atom stereocenters. The third kappa shape index (κ3) is 11.2. The molecule has 0 aliphatic rings. The molecule has 2 atom stereocenters. The fourth-order valence-electron chi connectivity index (χ4n) is 5.92. The Hall–Kier alpha value is -6.57. The second-order valence-electron chi connectivity index (χ2n) is 13.0. The number of aromatic nitrogens is 8. The number of pyridine rings is 4. The Morgan fingerprint density at radius 3 is 1.43 bits per heavy atom. The minimum absolute atomic E-state index is 0.0469. The maximum absolute atomic E-state index is 13.4. The molecule has 0 fully saturated rings. The van der Waals surface area contributed by atoms with E-state index in [1.165, 1.54) is 82.9 Å². The first-order valence-electron chi connectivity index (χ1n) is 17.3. The molecule has 4 N–H and O–H groups in total. The standard InChI is InChI=1S/C18H17F3N6O4S.C17H14BrF3N6O2/c1-32(30,31)7-5-14(18(19,20)21)11-2-3-15(24-8-11)26-10-12(9-25-26)13-4-6-23-17(22)16(13)27(28)29;18-5-3-13(17(19,20)21)10-1-2-14(24-7-10)26-9-11(8-25-26)12-4-6-23-16(22)15(12)27(28)29/h2-4,6,8-10,14H,5,7H2,1H3,(H2,22,23);1-2,4,6-9,13H,3,5H2,(H2,22,23). The summed E-state index contributed by atoms with van der Waals surface area (Å²) in [5, 5.41) is 30.9. The number of hydrogen-bond donors (Lipinski definition) is 2. The molecular formula is C35H31BrF6N12O6S. The highest BCUT2D eigenvalue weighted by Crippen LogP contribution is 2.40. The number of nitrogens with zero attached hydrogens (tertiary/aromatic N) is 10. The molecular weight excluding hydrogens is 910 g/mol. The molecule has 0 bridgehead atoms. The van der Waals surface area contributed by atoms with Crippen LogP contribution < -0.4 is 11.5 Å². The van der Waals surface area contributed by atoms with Crippen LogP contribution in [-0.4, -0.2) is 87.5 Å². The Labute approximate surface area is 349 Å². The maximum Gasteiger partial charge on any atom is 0.395 e. The Bertz CT molecular complexity index is 2630. The van der Waals surface area contributed by atoms with E-state index in [2.05, 4.69) is 46.1 Å². The largest absolute Gasteiger partial charge is 0.395 e. The van der Waals surface area contributed by atoms with Crippen molar-refractivity contribution in [2.24, 2.45) is 0 Å². The monoisotopic (exact) mass is 940 g/mol. The summed E-state index contributed by atoms with van der Waals surface area (Å²) in [6.07, 6.45) is 1.50. The summed E-state index contributed by atoms with van der Waals surface area (Å²) in [5.41, 5.74) is 11.4. The van der Waals surface area contributed by atoms with Gasteiger partial charge in [0.05, 0.1) is 51.0 Å². The zero-order chi connectivity index (χ0) is 44.9. The van der Waals surface area contributed by atoms with Gasteiger partial charge in [0.1, 0.15) is 9.84 Å². The number of hydrogen-bond acceptors (Lipinski definition) is 14. The second kappa shape index (κ2) is 18.4. The Morgan fingerprint density at radius 2 is 1.10 bits per heavy atom. The van der Waals surface area contributed by atoms with Gasteiger partial charge in [-0.1, -0.05) is 28.1 Å². The molecule has 0 radical (unpaired) electrons. The minimum Gasteiger partial charge on any atom is -0.378 e. The number of nitro groups is 2. The third-order valence-corrected chi connectivity index (χ3v) is 10.3. The summed E-state index contributed by atoms with van der Waals surface area (Å²) in [4.78, 5) is 36.7. The summed E-state index contributed by atoms with van der Waals surface area (Å²) in [5.74, 6) is -4.30. The average Bonchev–Trinajstić information content (AvgIpc) is 3.87. The van der Waals surface area contributed by atoms with Crippen molar-refractivity contribution in [3.63, 3.8) is 0 Å². The summed E-state index contributed by atoms with van der Waals surface area (Å²) >= 11 is 3.04. The number of halogens is 7. The van der Waals surface area contributed by atoms with E-state index in [0.29, 0.717) is 11.1 Å². The number of rotatable bonds is 13. The number of nitrogens with two attached hydrogens (primary N) is 2. The number of anilines is 2. The van der Waals surface area contributed by atoms with Gasteiger partial charge in [-0.2, -0.15) is 36.5 Å². The average molecular weight is 942 g/mol. The van der Waals surface area contributed by atoms with Crippen molar-refractivity contribution < 1.29 is 44.6 Å². The fraction of sp³-hybridized carbons (Fsp3) is 0.257. The first-order valence-corrected chi connectivity index (χ1v) is 20.4. The number of sulfone groups is 1. The van der Waals surface area contributed by atoms with Crippen molar-refractivity contribution in [2.75, 3.05) is 28.8 Å².